The van der Waals surface area contributed by atoms with Crippen molar-refractivity contribution in [2.75, 3.05) is 37.8 Å². The second-order valence-electron chi connectivity index (χ2n) is 14.1. The smallest absolute Gasteiger partial charge is 0.386 e. The van der Waals surface area contributed by atoms with E-state index < -0.39 is 95.5 Å². The first-order valence-electron chi connectivity index (χ1n) is 18.6. The number of carbonyl (C=O) groups excluding carboxylic acids is 4. The monoisotopic (exact) mass is 935 g/mol. The molecule has 0 aromatic carbocycles. The van der Waals surface area contributed by atoms with Gasteiger partial charge in [0.05, 0.1) is 19.5 Å². The van der Waals surface area contributed by atoms with E-state index in [2.05, 4.69) is 41.3 Å². The largest absolute Gasteiger partial charge is 0.481 e. The Labute approximate surface area is 348 Å². The highest BCUT2D eigenvalue weighted by Crippen LogP contribution is 2.61. The van der Waals surface area contributed by atoms with E-state index in [1.54, 1.807) is 0 Å². The first kappa shape index (κ1) is 51.6. The molecule has 10 N–H and O–H groups in total. The zero-order chi connectivity index (χ0) is 44.9. The minimum absolute atomic E-state index is 0.0247. The Hall–Kier alpha value is -2.77. The molecule has 1 fully saturated rings. The number of amides is 2. The van der Waals surface area contributed by atoms with Gasteiger partial charge in [-0.25, -0.2) is 28.6 Å². The van der Waals surface area contributed by atoms with Crippen molar-refractivity contribution in [2.45, 2.75) is 103 Å². The standard InChI is InChI=1S/C31H52N7O18P3S/c1-4-5-6-7-8-9-10-19(39)30(44)60-14-13-33-21(40)11-12-34-28(43)25(42)31(2,3)16-53-59(50,51)56-58(48,49)52-15-20-24(55-57(45,46)47)23(41)29(54-20)38-18-37-22-26(32)35-17-36-27(22)38/h17-18,20,23-25,29,41-42H,4-16H2,1-3H3,(H,33,40)(H,34,43)(H,48,49)(H,50,51)(H2,32,35,36)(H2,45,46,47)/t20-,23-,24-,25+,29-/m1/s1. The van der Waals surface area contributed by atoms with Gasteiger partial charge in [0.2, 0.25) is 17.6 Å². The lowest BCUT2D eigenvalue weighted by molar-refractivity contribution is -0.137. The number of ketones is 1. The van der Waals surface area contributed by atoms with E-state index in [0.717, 1.165) is 61.1 Å². The summed E-state index contributed by atoms with van der Waals surface area (Å²) < 4.78 is 62.2. The zero-order valence-electron chi connectivity index (χ0n) is 32.9. The predicted molar refractivity (Wildman–Crippen MR) is 210 cm³/mol. The molecule has 340 valence electrons. The third-order valence-electron chi connectivity index (χ3n) is 8.72. The van der Waals surface area contributed by atoms with Gasteiger partial charge >= 0.3 is 23.5 Å². The van der Waals surface area contributed by atoms with Crippen LogP contribution in [0.15, 0.2) is 12.7 Å². The molecule has 29 heteroatoms. The molecule has 1 saturated heterocycles. The van der Waals surface area contributed by atoms with Crippen molar-refractivity contribution in [1.82, 2.24) is 30.2 Å². The Morgan fingerprint density at radius 2 is 1.63 bits per heavy atom. The number of imidazole rings is 1. The molecular formula is C31H52N7O18P3S. The summed E-state index contributed by atoms with van der Waals surface area (Å²) in [4.78, 5) is 99.8. The molecule has 2 aromatic rings. The summed E-state index contributed by atoms with van der Waals surface area (Å²) in [5, 5.41) is 25.8. The topological polar surface area (TPSA) is 381 Å². The van der Waals surface area contributed by atoms with Crippen molar-refractivity contribution in [2.24, 2.45) is 5.41 Å². The maximum atomic E-state index is 12.7. The van der Waals surface area contributed by atoms with Crippen LogP contribution in [0.3, 0.4) is 0 Å². The Bertz CT molecular complexity index is 1940. The molecule has 3 rings (SSSR count). The maximum Gasteiger partial charge on any atom is 0.481 e. The van der Waals surface area contributed by atoms with Crippen LogP contribution in [0.2, 0.25) is 0 Å². The number of ether oxygens (including phenoxy) is 1. The fraction of sp³-hybridized carbons (Fsp3) is 0.710. The molecule has 25 nitrogen and oxygen atoms in total. The quantitative estimate of drug-likeness (QED) is 0.0342. The summed E-state index contributed by atoms with van der Waals surface area (Å²) in [5.74, 6) is -1.85. The van der Waals surface area contributed by atoms with Crippen molar-refractivity contribution in [3.05, 3.63) is 12.7 Å². The van der Waals surface area contributed by atoms with E-state index in [1.807, 2.05) is 0 Å². The average molecular weight is 936 g/mol. The Kier molecular flexibility index (Phi) is 19.8. The molecule has 0 aliphatic carbocycles. The molecule has 0 radical (unpaired) electrons. The van der Waals surface area contributed by atoms with Crippen LogP contribution in [0.4, 0.5) is 5.82 Å². The van der Waals surface area contributed by atoms with Gasteiger partial charge in [-0.2, -0.15) is 4.31 Å². The zero-order valence-corrected chi connectivity index (χ0v) is 36.4. The summed E-state index contributed by atoms with van der Waals surface area (Å²) in [6.45, 7) is 2.37. The molecule has 3 heterocycles. The van der Waals surface area contributed by atoms with Gasteiger partial charge in [-0.15, -0.1) is 0 Å². The van der Waals surface area contributed by atoms with Crippen molar-refractivity contribution >= 4 is 74.9 Å². The number of nitrogens with zero attached hydrogens (tertiary/aromatic N) is 4. The molecule has 0 bridgehead atoms. The van der Waals surface area contributed by atoms with E-state index in [1.165, 1.54) is 13.8 Å². The third kappa shape index (κ3) is 16.5. The van der Waals surface area contributed by atoms with Crippen LogP contribution in [0, 0.1) is 5.41 Å². The number of phosphoric ester groups is 3. The molecule has 1 aliphatic rings. The molecule has 0 saturated carbocycles. The number of aliphatic hydroxyl groups excluding tert-OH is 2. The molecule has 2 unspecified atom stereocenters. The van der Waals surface area contributed by atoms with Gasteiger partial charge in [0.25, 0.3) is 5.12 Å². The Morgan fingerprint density at radius 3 is 2.32 bits per heavy atom. The summed E-state index contributed by atoms with van der Waals surface area (Å²) >= 11 is 0.801. The number of carbonyl (C=O) groups is 4. The van der Waals surface area contributed by atoms with Gasteiger partial charge in [-0.05, 0) is 6.42 Å². The van der Waals surface area contributed by atoms with Gasteiger partial charge in [0.15, 0.2) is 17.7 Å². The maximum absolute atomic E-state index is 12.7. The van der Waals surface area contributed by atoms with Crippen molar-refractivity contribution in [3.8, 4) is 0 Å². The van der Waals surface area contributed by atoms with E-state index in [9.17, 15) is 62.7 Å². The lowest BCUT2D eigenvalue weighted by Crippen LogP contribution is -2.46. The number of hydrogen-bond donors (Lipinski definition) is 9. The number of Topliss-reactive ketones (excluding diaryl/α,β-unsaturated/α-hetero) is 1. The summed E-state index contributed by atoms with van der Waals surface area (Å²) in [6, 6.07) is 0. The van der Waals surface area contributed by atoms with Crippen LogP contribution in [0.5, 0.6) is 0 Å². The summed E-state index contributed by atoms with van der Waals surface area (Å²) in [6.07, 6.45) is -0.973. The van der Waals surface area contributed by atoms with E-state index in [0.29, 0.717) is 6.42 Å². The number of nitrogens with one attached hydrogen (secondary N) is 2. The van der Waals surface area contributed by atoms with Gasteiger partial charge in [-0.3, -0.25) is 37.3 Å². The number of unbranched alkanes of at least 4 members (excludes halogenated alkanes) is 5. The summed E-state index contributed by atoms with van der Waals surface area (Å²) in [5.41, 5.74) is 4.23. The number of anilines is 1. The highest BCUT2D eigenvalue weighted by atomic mass is 32.2. The van der Waals surface area contributed by atoms with E-state index in [4.69, 9.17) is 19.5 Å². The lowest BCUT2D eigenvalue weighted by atomic mass is 9.87. The van der Waals surface area contributed by atoms with Crippen LogP contribution < -0.4 is 16.4 Å². The Morgan fingerprint density at radius 1 is 0.967 bits per heavy atom. The van der Waals surface area contributed by atoms with Gasteiger partial charge in [0, 0.05) is 37.1 Å². The van der Waals surface area contributed by atoms with Gasteiger partial charge in [0.1, 0.15) is 36.3 Å². The molecular weight excluding hydrogens is 883 g/mol. The average Bonchev–Trinajstić information content (AvgIpc) is 3.72. The molecule has 2 aromatic heterocycles. The first-order valence-corrected chi connectivity index (χ1v) is 24.1. The second-order valence-corrected chi connectivity index (χ2v) is 19.4. The highest BCUT2D eigenvalue weighted by molar-refractivity contribution is 8.15. The highest BCUT2D eigenvalue weighted by Gasteiger charge is 2.50. The number of rotatable bonds is 27. The number of phosphoric acid groups is 3. The summed E-state index contributed by atoms with van der Waals surface area (Å²) in [7, 11) is -16.4. The predicted octanol–water partition coefficient (Wildman–Crippen LogP) is 0.984. The van der Waals surface area contributed by atoms with E-state index in [-0.39, 0.29) is 48.7 Å². The van der Waals surface area contributed by atoms with Crippen molar-refractivity contribution in [3.63, 3.8) is 0 Å². The fourth-order valence-electron chi connectivity index (χ4n) is 5.52. The van der Waals surface area contributed by atoms with Crippen LogP contribution in [0.25, 0.3) is 11.2 Å². The Balaban J connectivity index is 1.42. The number of aromatic nitrogens is 4. The van der Waals surface area contributed by atoms with Crippen LogP contribution >= 0.6 is 35.2 Å². The van der Waals surface area contributed by atoms with E-state index >= 15 is 0 Å². The number of hydrogen-bond acceptors (Lipinski definition) is 19. The van der Waals surface area contributed by atoms with Crippen molar-refractivity contribution in [1.29, 1.82) is 0 Å². The van der Waals surface area contributed by atoms with Gasteiger partial charge in [-0.1, -0.05) is 64.6 Å². The molecule has 0 spiro atoms. The molecule has 2 amide bonds. The van der Waals surface area contributed by atoms with Gasteiger partial charge < -0.3 is 50.9 Å². The number of thioether (sulfide) groups is 1. The molecule has 1 aliphatic heterocycles. The van der Waals surface area contributed by atoms with Crippen molar-refractivity contribution < 1.29 is 85.3 Å². The number of nitrogen functional groups attached to an aromatic ring is 1. The SMILES string of the molecule is CCCCCCCCC(=O)C(=O)SCCNC(=O)CCNC(=O)[C@H](O)C(C)(C)COP(=O)(O)OP(=O)(O)OC[C@H]1O[C@@H](n2cnc3c(N)ncnc32)[C@H](O)[C@@H]1OP(=O)(O)O. The minimum atomic E-state index is -5.59. The third-order valence-corrected chi connectivity index (χ3v) is 12.7. The fourth-order valence-corrected chi connectivity index (χ4v) is 9.00. The van der Waals surface area contributed by atoms with Crippen LogP contribution in [0.1, 0.15) is 78.4 Å². The molecule has 7 atom stereocenters. The van der Waals surface area contributed by atoms with Crippen LogP contribution in [-0.4, -0.2) is 128 Å². The second kappa shape index (κ2) is 23.1. The molecule has 60 heavy (non-hydrogen) atoms. The first-order chi connectivity index (χ1) is 28.0. The lowest BCUT2D eigenvalue weighted by Gasteiger charge is -2.30. The minimum Gasteiger partial charge on any atom is -0.386 e. The number of fused-ring (bicyclic) bond motifs is 1. The van der Waals surface area contributed by atoms with Crippen LogP contribution in [-0.2, 0) is 55.5 Å². The normalized spacial score (nSPS) is 20.9. The number of aliphatic hydroxyl groups is 2. The number of nitrogens with two attached hydrogens (primary N) is 1.